The molecule has 1 aromatic heterocycles. The first-order valence-corrected chi connectivity index (χ1v) is 8.84. The van der Waals surface area contributed by atoms with Crippen molar-refractivity contribution in [1.82, 2.24) is 20.8 Å². The zero-order valence-electron chi connectivity index (χ0n) is 15.6. The molecule has 0 saturated heterocycles. The number of rotatable bonds is 5. The Morgan fingerprint density at radius 1 is 1.24 bits per heavy atom. The summed E-state index contributed by atoms with van der Waals surface area (Å²) in [4.78, 5) is 8.39. The van der Waals surface area contributed by atoms with Crippen LogP contribution in [0, 0.1) is 11.6 Å². The summed E-state index contributed by atoms with van der Waals surface area (Å²) in [6.07, 6.45) is 0. The van der Waals surface area contributed by atoms with Crippen molar-refractivity contribution >= 4 is 41.5 Å². The lowest BCUT2D eigenvalue weighted by Crippen LogP contribution is -2.38. The summed E-state index contributed by atoms with van der Waals surface area (Å²) in [5.74, 6) is -0.0809. The highest BCUT2D eigenvalue weighted by atomic mass is 127. The van der Waals surface area contributed by atoms with E-state index in [1.807, 2.05) is 6.07 Å². The number of hydrogen-bond donors (Lipinski definition) is 2. The lowest BCUT2D eigenvalue weighted by atomic mass is 10.1. The summed E-state index contributed by atoms with van der Waals surface area (Å²) in [5.41, 5.74) is 1.07. The van der Waals surface area contributed by atoms with Gasteiger partial charge < -0.3 is 15.2 Å². The van der Waals surface area contributed by atoms with Crippen LogP contribution in [-0.4, -0.2) is 23.1 Å². The summed E-state index contributed by atoms with van der Waals surface area (Å²) in [7, 11) is 1.58. The lowest BCUT2D eigenvalue weighted by Gasteiger charge is -2.18. The predicted molar refractivity (Wildman–Crippen MR) is 118 cm³/mol. The second-order valence-electron chi connectivity index (χ2n) is 5.98. The summed E-state index contributed by atoms with van der Waals surface area (Å²) < 4.78 is 32.2. The van der Waals surface area contributed by atoms with Crippen molar-refractivity contribution in [3.8, 4) is 11.4 Å². The number of nitrogens with one attached hydrogen (secondary N) is 2. The van der Waals surface area contributed by atoms with E-state index >= 15 is 0 Å². The Bertz CT molecular complexity index is 998. The van der Waals surface area contributed by atoms with Gasteiger partial charge in [-0.1, -0.05) is 35.0 Å². The van der Waals surface area contributed by atoms with E-state index in [0.717, 1.165) is 11.6 Å². The fourth-order valence-corrected chi connectivity index (χ4v) is 2.75. The van der Waals surface area contributed by atoms with Crippen molar-refractivity contribution < 1.29 is 13.3 Å². The van der Waals surface area contributed by atoms with Crippen molar-refractivity contribution in [1.29, 1.82) is 0 Å². The Kier molecular flexibility index (Phi) is 8.32. The van der Waals surface area contributed by atoms with Gasteiger partial charge in [0.05, 0.1) is 12.6 Å². The number of aromatic nitrogens is 2. The van der Waals surface area contributed by atoms with E-state index in [-0.39, 0.29) is 30.5 Å². The van der Waals surface area contributed by atoms with Crippen molar-refractivity contribution in [2.45, 2.75) is 19.5 Å². The van der Waals surface area contributed by atoms with Crippen LogP contribution in [0.25, 0.3) is 11.4 Å². The quantitative estimate of drug-likeness (QED) is 0.282. The third kappa shape index (κ3) is 6.10. The molecule has 0 radical (unpaired) electrons. The highest BCUT2D eigenvalue weighted by Crippen LogP contribution is 2.20. The molecule has 6 nitrogen and oxygen atoms in total. The number of aliphatic imine (C=N–C) groups is 1. The summed E-state index contributed by atoms with van der Waals surface area (Å²) in [6.45, 7) is 1.96. The average Bonchev–Trinajstić information content (AvgIpc) is 3.14. The Labute approximate surface area is 188 Å². The number of hydrogen-bond acceptors (Lipinski definition) is 4. The molecule has 154 valence electrons. The van der Waals surface area contributed by atoms with E-state index in [1.165, 1.54) is 12.1 Å². The molecule has 0 saturated carbocycles. The standard InChI is InChI=1S/C19H18ClF2N5O.HI/c1-11(15-7-6-14(21)9-16(15)22)25-19(23-2)24-10-17-26-18(27-28-17)12-4-3-5-13(20)8-12;/h3-9,11H,10H2,1-2H3,(H2,23,24,25);1H. The second kappa shape index (κ2) is 10.5. The third-order valence-electron chi connectivity index (χ3n) is 3.96. The zero-order valence-corrected chi connectivity index (χ0v) is 18.7. The highest BCUT2D eigenvalue weighted by Gasteiger charge is 2.14. The smallest absolute Gasteiger partial charge is 0.246 e. The molecule has 0 amide bonds. The van der Waals surface area contributed by atoms with E-state index in [1.54, 1.807) is 32.2 Å². The minimum atomic E-state index is -0.626. The molecule has 0 spiro atoms. The molecule has 0 bridgehead atoms. The summed E-state index contributed by atoms with van der Waals surface area (Å²) in [5, 5.41) is 10.5. The molecule has 0 fully saturated rings. The van der Waals surface area contributed by atoms with Gasteiger partial charge in [-0.15, -0.1) is 24.0 Å². The van der Waals surface area contributed by atoms with Gasteiger partial charge in [0.15, 0.2) is 5.96 Å². The van der Waals surface area contributed by atoms with Gasteiger partial charge in [-0.3, -0.25) is 4.99 Å². The van der Waals surface area contributed by atoms with Crippen LogP contribution in [0.4, 0.5) is 8.78 Å². The van der Waals surface area contributed by atoms with E-state index in [9.17, 15) is 8.78 Å². The zero-order chi connectivity index (χ0) is 20.1. The van der Waals surface area contributed by atoms with Crippen LogP contribution < -0.4 is 10.6 Å². The molecular formula is C19H19ClF2IN5O. The normalized spacial score (nSPS) is 12.2. The van der Waals surface area contributed by atoms with Crippen molar-refractivity contribution in [2.24, 2.45) is 4.99 Å². The third-order valence-corrected chi connectivity index (χ3v) is 4.20. The molecule has 29 heavy (non-hydrogen) atoms. The lowest BCUT2D eigenvalue weighted by molar-refractivity contribution is 0.375. The van der Waals surface area contributed by atoms with Crippen LogP contribution in [0.15, 0.2) is 52.0 Å². The van der Waals surface area contributed by atoms with Gasteiger partial charge >= 0.3 is 0 Å². The number of benzene rings is 2. The van der Waals surface area contributed by atoms with Crippen molar-refractivity contribution in [3.63, 3.8) is 0 Å². The average molecular weight is 534 g/mol. The van der Waals surface area contributed by atoms with Crippen LogP contribution in [0.5, 0.6) is 0 Å². The van der Waals surface area contributed by atoms with Gasteiger partial charge in [0, 0.05) is 29.3 Å². The number of guanidine groups is 1. The summed E-state index contributed by atoms with van der Waals surface area (Å²) >= 11 is 5.97. The second-order valence-corrected chi connectivity index (χ2v) is 6.42. The van der Waals surface area contributed by atoms with Crippen LogP contribution >= 0.6 is 35.6 Å². The molecule has 1 atom stereocenters. The Morgan fingerprint density at radius 2 is 2.03 bits per heavy atom. The molecular weight excluding hydrogens is 515 g/mol. The molecule has 3 aromatic rings. The minimum Gasteiger partial charge on any atom is -0.350 e. The van der Waals surface area contributed by atoms with Gasteiger partial charge in [0.1, 0.15) is 11.6 Å². The van der Waals surface area contributed by atoms with E-state index < -0.39 is 17.7 Å². The first-order valence-electron chi connectivity index (χ1n) is 8.47. The number of nitrogens with zero attached hydrogens (tertiary/aromatic N) is 3. The van der Waals surface area contributed by atoms with Crippen LogP contribution in [0.3, 0.4) is 0 Å². The fourth-order valence-electron chi connectivity index (χ4n) is 2.56. The van der Waals surface area contributed by atoms with Crippen LogP contribution in [-0.2, 0) is 6.54 Å². The Balaban J connectivity index is 0.00000300. The molecule has 0 aliphatic carbocycles. The number of halogens is 4. The van der Waals surface area contributed by atoms with Gasteiger partial charge in [-0.25, -0.2) is 8.78 Å². The topological polar surface area (TPSA) is 75.3 Å². The van der Waals surface area contributed by atoms with Crippen LogP contribution in [0.1, 0.15) is 24.4 Å². The molecule has 2 N–H and O–H groups in total. The molecule has 0 aliphatic heterocycles. The molecule has 3 rings (SSSR count). The fraction of sp³-hybridized carbons (Fsp3) is 0.211. The minimum absolute atomic E-state index is 0. The highest BCUT2D eigenvalue weighted by molar-refractivity contribution is 14.0. The maximum absolute atomic E-state index is 13.9. The van der Waals surface area contributed by atoms with Gasteiger partial charge in [-0.2, -0.15) is 4.98 Å². The van der Waals surface area contributed by atoms with Gasteiger partial charge in [-0.05, 0) is 25.1 Å². The van der Waals surface area contributed by atoms with Gasteiger partial charge in [0.2, 0.25) is 11.7 Å². The molecule has 1 heterocycles. The molecule has 0 aliphatic rings. The van der Waals surface area contributed by atoms with E-state index in [4.69, 9.17) is 16.1 Å². The van der Waals surface area contributed by atoms with E-state index in [2.05, 4.69) is 25.8 Å². The van der Waals surface area contributed by atoms with Crippen LogP contribution in [0.2, 0.25) is 5.02 Å². The predicted octanol–water partition coefficient (Wildman–Crippen LogP) is 4.71. The molecule has 1 unspecified atom stereocenters. The Morgan fingerprint density at radius 3 is 2.72 bits per heavy atom. The van der Waals surface area contributed by atoms with Crippen molar-refractivity contribution in [2.75, 3.05) is 7.05 Å². The molecule has 2 aromatic carbocycles. The first kappa shape index (κ1) is 23.0. The maximum Gasteiger partial charge on any atom is 0.246 e. The largest absolute Gasteiger partial charge is 0.350 e. The van der Waals surface area contributed by atoms with Crippen molar-refractivity contribution in [3.05, 3.63) is 70.6 Å². The molecule has 10 heteroatoms. The summed E-state index contributed by atoms with van der Waals surface area (Å²) in [6, 6.07) is 10.1. The Hall–Kier alpha value is -2.27. The SMILES string of the molecule is CN=C(NCc1nc(-c2cccc(Cl)c2)no1)NC(C)c1ccc(F)cc1F.I. The maximum atomic E-state index is 13.9. The van der Waals surface area contributed by atoms with E-state index in [0.29, 0.717) is 28.3 Å². The first-order chi connectivity index (χ1) is 13.5. The van der Waals surface area contributed by atoms with Gasteiger partial charge in [0.25, 0.3) is 0 Å². The monoisotopic (exact) mass is 533 g/mol.